The number of ether oxygens (including phenoxy) is 2. The predicted molar refractivity (Wildman–Crippen MR) is 132 cm³/mol. The fourth-order valence-corrected chi connectivity index (χ4v) is 6.03. The van der Waals surface area contributed by atoms with Crippen LogP contribution in [-0.2, 0) is 4.79 Å². The molecule has 1 fully saturated rings. The van der Waals surface area contributed by atoms with E-state index in [0.717, 1.165) is 50.8 Å². The van der Waals surface area contributed by atoms with Gasteiger partial charge in [-0.3, -0.25) is 4.79 Å². The molecule has 6 rings (SSSR count). The van der Waals surface area contributed by atoms with Crippen molar-refractivity contribution in [2.75, 3.05) is 12.4 Å². The number of thiazole rings is 1. The van der Waals surface area contributed by atoms with Crippen LogP contribution in [0.5, 0.6) is 11.5 Å². The molecule has 1 amide bonds. The molecule has 2 aromatic heterocycles. The lowest BCUT2D eigenvalue weighted by molar-refractivity contribution is -0.116. The van der Waals surface area contributed by atoms with Crippen LogP contribution in [0.25, 0.3) is 15.3 Å². The van der Waals surface area contributed by atoms with E-state index in [0.29, 0.717) is 18.0 Å². The number of carbonyl (C=O) groups excluding carboxylic acids is 1. The Labute approximate surface area is 201 Å². The second-order valence-electron chi connectivity index (χ2n) is 8.96. The minimum Gasteiger partial charge on any atom is -0.493 e. The van der Waals surface area contributed by atoms with Crippen LogP contribution < -0.4 is 14.8 Å². The highest BCUT2D eigenvalue weighted by Crippen LogP contribution is 2.43. The molecule has 1 saturated carbocycles. The lowest BCUT2D eigenvalue weighted by Gasteiger charge is -2.25. The second kappa shape index (κ2) is 8.43. The number of aryl methyl sites for hydroxylation is 1. The zero-order chi connectivity index (χ0) is 23.2. The van der Waals surface area contributed by atoms with Gasteiger partial charge in [0, 0.05) is 17.9 Å². The molecular formula is C26H26N4O3S. The van der Waals surface area contributed by atoms with Crippen molar-refractivity contribution < 1.29 is 14.3 Å². The van der Waals surface area contributed by atoms with E-state index in [2.05, 4.69) is 5.32 Å². The van der Waals surface area contributed by atoms with E-state index < -0.39 is 0 Å². The highest BCUT2D eigenvalue weighted by atomic mass is 32.1. The molecule has 0 saturated heterocycles. The maximum Gasteiger partial charge on any atom is 0.226 e. The predicted octanol–water partition coefficient (Wildman–Crippen LogP) is 5.59. The molecule has 1 N–H and O–H groups in total. The molecule has 8 heteroatoms. The zero-order valence-electron chi connectivity index (χ0n) is 19.2. The number of nitrogens with zero attached hydrogens (tertiary/aromatic N) is 3. The van der Waals surface area contributed by atoms with Gasteiger partial charge in [-0.25, -0.2) is 4.98 Å². The van der Waals surface area contributed by atoms with Gasteiger partial charge in [0.2, 0.25) is 11.0 Å². The van der Waals surface area contributed by atoms with Gasteiger partial charge >= 0.3 is 0 Å². The highest BCUT2D eigenvalue weighted by Gasteiger charge is 2.34. The van der Waals surface area contributed by atoms with Gasteiger partial charge in [0.15, 0.2) is 11.5 Å². The molecule has 1 atom stereocenters. The summed E-state index contributed by atoms with van der Waals surface area (Å²) in [6, 6.07) is 14.0. The van der Waals surface area contributed by atoms with Crippen molar-refractivity contribution in [1.29, 1.82) is 0 Å². The van der Waals surface area contributed by atoms with Crippen molar-refractivity contribution >= 4 is 33.3 Å². The first kappa shape index (κ1) is 21.2. The summed E-state index contributed by atoms with van der Waals surface area (Å²) < 4.78 is 14.8. The number of benzene rings is 2. The largest absolute Gasteiger partial charge is 0.493 e. The summed E-state index contributed by atoms with van der Waals surface area (Å²) in [6.07, 6.45) is 5.20. The average molecular weight is 475 g/mol. The third-order valence-corrected chi connectivity index (χ3v) is 7.76. The first-order valence-corrected chi connectivity index (χ1v) is 12.5. The smallest absolute Gasteiger partial charge is 0.226 e. The first-order chi connectivity index (χ1) is 16.6. The van der Waals surface area contributed by atoms with E-state index >= 15 is 0 Å². The number of para-hydroxylation sites is 1. The van der Waals surface area contributed by atoms with E-state index in [-0.39, 0.29) is 17.9 Å². The van der Waals surface area contributed by atoms with Gasteiger partial charge in [0.1, 0.15) is 5.82 Å². The van der Waals surface area contributed by atoms with Gasteiger partial charge in [-0.05, 0) is 62.4 Å². The molecule has 2 aromatic carbocycles. The highest BCUT2D eigenvalue weighted by molar-refractivity contribution is 7.20. The van der Waals surface area contributed by atoms with Crippen LogP contribution in [0.15, 0.2) is 42.5 Å². The molecule has 174 valence electrons. The van der Waals surface area contributed by atoms with Gasteiger partial charge in [0.25, 0.3) is 0 Å². The number of carbonyl (C=O) groups is 1. The number of amides is 1. The number of hydrogen-bond acceptors (Lipinski definition) is 6. The van der Waals surface area contributed by atoms with E-state index in [9.17, 15) is 4.79 Å². The van der Waals surface area contributed by atoms with Crippen molar-refractivity contribution in [2.24, 2.45) is 0 Å². The fourth-order valence-electron chi connectivity index (χ4n) is 5.10. The third kappa shape index (κ3) is 3.62. The topological polar surface area (TPSA) is 78.3 Å². The summed E-state index contributed by atoms with van der Waals surface area (Å²) in [5.41, 5.74) is 3.83. The molecule has 0 radical (unpaired) electrons. The number of anilines is 1. The van der Waals surface area contributed by atoms with Crippen LogP contribution in [0.4, 0.5) is 5.82 Å². The van der Waals surface area contributed by atoms with Gasteiger partial charge in [-0.2, -0.15) is 9.78 Å². The van der Waals surface area contributed by atoms with Crippen LogP contribution in [0.1, 0.15) is 54.8 Å². The Balaban J connectivity index is 1.39. The summed E-state index contributed by atoms with van der Waals surface area (Å²) in [4.78, 5) is 17.5. The van der Waals surface area contributed by atoms with E-state index in [1.807, 2.05) is 49.4 Å². The van der Waals surface area contributed by atoms with Crippen LogP contribution >= 0.6 is 11.3 Å². The summed E-state index contributed by atoms with van der Waals surface area (Å²) in [5, 5.41) is 8.58. The maximum absolute atomic E-state index is 12.8. The molecule has 1 aliphatic carbocycles. The Morgan fingerprint density at radius 2 is 1.94 bits per heavy atom. The van der Waals surface area contributed by atoms with Crippen molar-refractivity contribution in [1.82, 2.24) is 14.8 Å². The molecule has 0 bridgehead atoms. The van der Waals surface area contributed by atoms with E-state index in [1.165, 1.54) is 12.8 Å². The number of nitrogens with one attached hydrogen (secondary N) is 1. The summed E-state index contributed by atoms with van der Waals surface area (Å²) in [7, 11) is 1.66. The average Bonchev–Trinajstić information content (AvgIpc) is 3.58. The molecule has 2 aliphatic rings. The molecule has 0 spiro atoms. The van der Waals surface area contributed by atoms with Crippen LogP contribution in [-0.4, -0.2) is 33.9 Å². The monoisotopic (exact) mass is 474 g/mol. The Morgan fingerprint density at radius 1 is 1.12 bits per heavy atom. The molecule has 4 aromatic rings. The van der Waals surface area contributed by atoms with Gasteiger partial charge in [-0.1, -0.05) is 29.5 Å². The van der Waals surface area contributed by atoms with Gasteiger partial charge < -0.3 is 14.8 Å². The van der Waals surface area contributed by atoms with Crippen molar-refractivity contribution in [3.05, 3.63) is 59.3 Å². The first-order valence-electron chi connectivity index (χ1n) is 11.7. The lowest BCUT2D eigenvalue weighted by atomic mass is 9.85. The van der Waals surface area contributed by atoms with Gasteiger partial charge in [0.05, 0.1) is 29.1 Å². The quantitative estimate of drug-likeness (QED) is 0.408. The summed E-state index contributed by atoms with van der Waals surface area (Å²) in [6.45, 7) is 1.99. The number of methoxy groups -OCH3 is 1. The molecule has 1 aliphatic heterocycles. The van der Waals surface area contributed by atoms with Crippen molar-refractivity contribution in [3.8, 4) is 16.6 Å². The minimum absolute atomic E-state index is 0.0370. The lowest BCUT2D eigenvalue weighted by Crippen LogP contribution is -2.25. The summed E-state index contributed by atoms with van der Waals surface area (Å²) >= 11 is 1.56. The molecular weight excluding hydrogens is 448 g/mol. The Hall–Kier alpha value is -3.39. The molecule has 7 nitrogen and oxygen atoms in total. The molecule has 34 heavy (non-hydrogen) atoms. The van der Waals surface area contributed by atoms with Crippen LogP contribution in [0.2, 0.25) is 0 Å². The minimum atomic E-state index is -0.124. The Kier molecular flexibility index (Phi) is 5.25. The summed E-state index contributed by atoms with van der Waals surface area (Å²) in [5.74, 6) is 2.00. The Morgan fingerprint density at radius 3 is 2.74 bits per heavy atom. The number of hydrogen-bond donors (Lipinski definition) is 1. The van der Waals surface area contributed by atoms with Crippen molar-refractivity contribution in [3.63, 3.8) is 0 Å². The number of fused-ring (bicyclic) bond motifs is 2. The standard InChI is InChI=1S/C26H26N4O3S/c1-15-24-18(16-11-12-20(21(13-16)32-2)33-17-7-3-4-8-17)14-23(31)28-25(24)30(29-15)26-27-19-9-5-6-10-22(19)34-26/h5-6,9-13,17-18H,3-4,7-8,14H2,1-2H3,(H,28,31). The molecule has 3 heterocycles. The van der Waals surface area contributed by atoms with Crippen molar-refractivity contribution in [2.45, 2.75) is 51.0 Å². The van der Waals surface area contributed by atoms with E-state index in [4.69, 9.17) is 19.6 Å². The fraction of sp³-hybridized carbons (Fsp3) is 0.346. The van der Waals surface area contributed by atoms with Gasteiger partial charge in [-0.15, -0.1) is 0 Å². The number of aromatic nitrogens is 3. The normalized spacial score (nSPS) is 18.2. The Bertz CT molecular complexity index is 1350. The maximum atomic E-state index is 12.8. The third-order valence-electron chi connectivity index (χ3n) is 6.75. The SMILES string of the molecule is COc1cc(C2CC(=O)Nc3c2c(C)nn3-c2nc3ccccc3s2)ccc1OC1CCCC1. The van der Waals surface area contributed by atoms with E-state index in [1.54, 1.807) is 23.1 Å². The van der Waals surface area contributed by atoms with Crippen LogP contribution in [0.3, 0.4) is 0 Å². The number of rotatable bonds is 5. The van der Waals surface area contributed by atoms with Crippen LogP contribution in [0, 0.1) is 6.92 Å². The molecule has 1 unspecified atom stereocenters. The second-order valence-corrected chi connectivity index (χ2v) is 9.97. The zero-order valence-corrected chi connectivity index (χ0v) is 20.0.